The predicted molar refractivity (Wildman–Crippen MR) is 73.8 cm³/mol. The van der Waals surface area contributed by atoms with Gasteiger partial charge < -0.3 is 10.6 Å². The number of nitrogens with two attached hydrogens (primary N) is 1. The second-order valence-electron chi connectivity index (χ2n) is 5.59. The van der Waals surface area contributed by atoms with Gasteiger partial charge in [-0.15, -0.1) is 0 Å². The number of unbranched alkanes of at least 4 members (excludes halogenated alkanes) is 3. The third kappa shape index (κ3) is 7.37. The van der Waals surface area contributed by atoms with Crippen molar-refractivity contribution in [2.75, 3.05) is 19.6 Å². The summed E-state index contributed by atoms with van der Waals surface area (Å²) in [7, 11) is 0. The van der Waals surface area contributed by atoms with E-state index in [1.807, 2.05) is 11.8 Å². The van der Waals surface area contributed by atoms with Crippen LogP contribution in [0.5, 0.6) is 0 Å². The molecule has 0 spiro atoms. The normalized spacial score (nSPS) is 11.6. The van der Waals surface area contributed by atoms with Gasteiger partial charge in [-0.2, -0.15) is 0 Å². The molecule has 0 aliphatic rings. The summed E-state index contributed by atoms with van der Waals surface area (Å²) in [5, 5.41) is 0. The zero-order valence-electron chi connectivity index (χ0n) is 12.1. The van der Waals surface area contributed by atoms with Crippen LogP contribution >= 0.6 is 0 Å². The molecule has 102 valence electrons. The molecule has 2 N–H and O–H groups in total. The molecule has 0 aromatic carbocycles. The van der Waals surface area contributed by atoms with Crippen LogP contribution in [0.15, 0.2) is 0 Å². The van der Waals surface area contributed by atoms with Gasteiger partial charge in [0.2, 0.25) is 5.91 Å². The fourth-order valence-electron chi connectivity index (χ4n) is 1.82. The molecule has 0 aromatic heterocycles. The minimum Gasteiger partial charge on any atom is -0.342 e. The van der Waals surface area contributed by atoms with Crippen LogP contribution in [0.3, 0.4) is 0 Å². The second-order valence-corrected chi connectivity index (χ2v) is 5.59. The molecule has 0 heterocycles. The molecule has 0 saturated heterocycles. The topological polar surface area (TPSA) is 46.3 Å². The van der Waals surface area contributed by atoms with Crippen LogP contribution in [-0.2, 0) is 4.79 Å². The van der Waals surface area contributed by atoms with Gasteiger partial charge in [0.15, 0.2) is 0 Å². The fourth-order valence-corrected chi connectivity index (χ4v) is 1.82. The number of carbonyl (C=O) groups is 1. The molecule has 1 amide bonds. The van der Waals surface area contributed by atoms with Gasteiger partial charge in [0.05, 0.1) is 0 Å². The first-order valence-corrected chi connectivity index (χ1v) is 6.94. The van der Waals surface area contributed by atoms with E-state index in [1.165, 1.54) is 19.3 Å². The molecule has 3 heteroatoms. The number of hydrogen-bond donors (Lipinski definition) is 1. The molecule has 0 bridgehead atoms. The van der Waals surface area contributed by atoms with E-state index in [2.05, 4.69) is 20.8 Å². The van der Waals surface area contributed by atoms with Crippen molar-refractivity contribution in [3.8, 4) is 0 Å². The van der Waals surface area contributed by atoms with Crippen LogP contribution in [-0.4, -0.2) is 30.4 Å². The Balaban J connectivity index is 4.04. The van der Waals surface area contributed by atoms with E-state index in [9.17, 15) is 4.79 Å². The van der Waals surface area contributed by atoms with Crippen LogP contribution in [0.25, 0.3) is 0 Å². The third-order valence-electron chi connectivity index (χ3n) is 3.15. The van der Waals surface area contributed by atoms with E-state index in [4.69, 9.17) is 5.73 Å². The monoisotopic (exact) mass is 242 g/mol. The lowest BCUT2D eigenvalue weighted by Crippen LogP contribution is -2.41. The molecule has 0 aliphatic carbocycles. The first-order chi connectivity index (χ1) is 7.96. The lowest BCUT2D eigenvalue weighted by atomic mass is 9.93. The minimum absolute atomic E-state index is 0.0229. The zero-order chi connectivity index (χ0) is 13.3. The lowest BCUT2D eigenvalue weighted by molar-refractivity contribution is -0.132. The minimum atomic E-state index is 0.0229. The smallest absolute Gasteiger partial charge is 0.222 e. The summed E-state index contributed by atoms with van der Waals surface area (Å²) in [6.07, 6.45) is 5.32. The molecule has 0 rings (SSSR count). The summed E-state index contributed by atoms with van der Waals surface area (Å²) in [6.45, 7) is 10.6. The maximum Gasteiger partial charge on any atom is 0.222 e. The zero-order valence-corrected chi connectivity index (χ0v) is 12.1. The molecule has 0 atom stereocenters. The van der Waals surface area contributed by atoms with Gasteiger partial charge >= 0.3 is 0 Å². The molecule has 0 fully saturated rings. The van der Waals surface area contributed by atoms with Crippen molar-refractivity contribution in [3.63, 3.8) is 0 Å². The van der Waals surface area contributed by atoms with Crippen LogP contribution in [0, 0.1) is 5.41 Å². The molecule has 0 radical (unpaired) electrons. The third-order valence-corrected chi connectivity index (χ3v) is 3.15. The highest BCUT2D eigenvalue weighted by atomic mass is 16.2. The summed E-state index contributed by atoms with van der Waals surface area (Å²) < 4.78 is 0. The van der Waals surface area contributed by atoms with E-state index in [0.717, 1.165) is 19.5 Å². The van der Waals surface area contributed by atoms with E-state index in [-0.39, 0.29) is 11.3 Å². The van der Waals surface area contributed by atoms with Crippen molar-refractivity contribution >= 4 is 5.91 Å². The van der Waals surface area contributed by atoms with E-state index >= 15 is 0 Å². The Kier molecular flexibility index (Phi) is 8.23. The van der Waals surface area contributed by atoms with Gasteiger partial charge in [-0.05, 0) is 25.3 Å². The SMILES string of the molecule is CCCCCCC(=O)N(CC)CC(C)(C)CN. The first kappa shape index (κ1) is 16.4. The van der Waals surface area contributed by atoms with E-state index in [1.54, 1.807) is 0 Å². The Bertz CT molecular complexity index is 214. The summed E-state index contributed by atoms with van der Waals surface area (Å²) >= 11 is 0. The quantitative estimate of drug-likeness (QED) is 0.632. The molecule has 3 nitrogen and oxygen atoms in total. The predicted octanol–water partition coefficient (Wildman–Crippen LogP) is 2.79. The molecule has 0 aliphatic heterocycles. The van der Waals surface area contributed by atoms with Gasteiger partial charge in [-0.1, -0.05) is 40.0 Å². The van der Waals surface area contributed by atoms with Crippen molar-refractivity contribution < 1.29 is 4.79 Å². The highest BCUT2D eigenvalue weighted by Crippen LogP contribution is 2.16. The van der Waals surface area contributed by atoms with Crippen molar-refractivity contribution in [3.05, 3.63) is 0 Å². The van der Waals surface area contributed by atoms with Gasteiger partial charge in [0.1, 0.15) is 0 Å². The molecular weight excluding hydrogens is 212 g/mol. The average molecular weight is 242 g/mol. The van der Waals surface area contributed by atoms with Crippen molar-refractivity contribution in [1.82, 2.24) is 4.90 Å². The highest BCUT2D eigenvalue weighted by molar-refractivity contribution is 5.76. The number of carbonyl (C=O) groups excluding carboxylic acids is 1. The number of rotatable bonds is 9. The Morgan fingerprint density at radius 3 is 2.29 bits per heavy atom. The second kappa shape index (κ2) is 8.51. The fraction of sp³-hybridized carbons (Fsp3) is 0.929. The van der Waals surface area contributed by atoms with Crippen molar-refractivity contribution in [1.29, 1.82) is 0 Å². The molecule has 0 unspecified atom stereocenters. The van der Waals surface area contributed by atoms with Gasteiger partial charge in [-0.25, -0.2) is 0 Å². The maximum absolute atomic E-state index is 12.0. The lowest BCUT2D eigenvalue weighted by Gasteiger charge is -2.31. The maximum atomic E-state index is 12.0. The average Bonchev–Trinajstić information content (AvgIpc) is 2.31. The van der Waals surface area contributed by atoms with Gasteiger partial charge in [0.25, 0.3) is 0 Å². The summed E-state index contributed by atoms with van der Waals surface area (Å²) in [4.78, 5) is 14.0. The van der Waals surface area contributed by atoms with Crippen molar-refractivity contribution in [2.24, 2.45) is 11.1 Å². The van der Waals surface area contributed by atoms with E-state index in [0.29, 0.717) is 13.0 Å². The van der Waals surface area contributed by atoms with Gasteiger partial charge in [-0.3, -0.25) is 4.79 Å². The number of hydrogen-bond acceptors (Lipinski definition) is 2. The standard InChI is InChI=1S/C14H30N2O/c1-5-7-8-9-10-13(17)16(6-2)12-14(3,4)11-15/h5-12,15H2,1-4H3. The Morgan fingerprint density at radius 1 is 1.18 bits per heavy atom. The number of nitrogens with zero attached hydrogens (tertiary/aromatic N) is 1. The number of amides is 1. The molecule has 17 heavy (non-hydrogen) atoms. The Morgan fingerprint density at radius 2 is 1.82 bits per heavy atom. The van der Waals surface area contributed by atoms with Crippen LogP contribution in [0.2, 0.25) is 0 Å². The largest absolute Gasteiger partial charge is 0.342 e. The molecule has 0 aromatic rings. The Labute approximate surface area is 107 Å². The van der Waals surface area contributed by atoms with Crippen LogP contribution < -0.4 is 5.73 Å². The molecule has 0 saturated carbocycles. The molecular formula is C14H30N2O. The summed E-state index contributed by atoms with van der Waals surface area (Å²) in [5.74, 6) is 0.283. The van der Waals surface area contributed by atoms with E-state index < -0.39 is 0 Å². The first-order valence-electron chi connectivity index (χ1n) is 6.94. The van der Waals surface area contributed by atoms with Crippen LogP contribution in [0.4, 0.5) is 0 Å². The van der Waals surface area contributed by atoms with Crippen LogP contribution in [0.1, 0.15) is 59.8 Å². The van der Waals surface area contributed by atoms with Gasteiger partial charge in [0, 0.05) is 19.5 Å². The van der Waals surface area contributed by atoms with Crippen molar-refractivity contribution in [2.45, 2.75) is 59.8 Å². The highest BCUT2D eigenvalue weighted by Gasteiger charge is 2.22. The summed E-state index contributed by atoms with van der Waals surface area (Å²) in [5.41, 5.74) is 5.73. The summed E-state index contributed by atoms with van der Waals surface area (Å²) in [6, 6.07) is 0. The Hall–Kier alpha value is -0.570.